The molecule has 2 heterocycles. The second-order valence-electron chi connectivity index (χ2n) is 8.88. The van der Waals surface area contributed by atoms with E-state index in [2.05, 4.69) is 30.3 Å². The fourth-order valence-electron chi connectivity index (χ4n) is 4.04. The zero-order valence-corrected chi connectivity index (χ0v) is 22.9. The summed E-state index contributed by atoms with van der Waals surface area (Å²) in [5, 5.41) is 10.4. The van der Waals surface area contributed by atoms with Crippen LogP contribution in [0.2, 0.25) is 0 Å². The van der Waals surface area contributed by atoms with E-state index in [-0.39, 0.29) is 23.7 Å². The van der Waals surface area contributed by atoms with Gasteiger partial charge in [-0.2, -0.15) is 4.37 Å². The van der Waals surface area contributed by atoms with Gasteiger partial charge in [0.05, 0.1) is 11.9 Å². The van der Waals surface area contributed by atoms with Gasteiger partial charge in [0.2, 0.25) is 0 Å². The van der Waals surface area contributed by atoms with Crippen LogP contribution in [0.15, 0.2) is 36.5 Å². The molecule has 1 aromatic carbocycles. The standard InChI is InChI=1S/C24H30N8O2S.C2H6/c1-14-12-20(35-31-14)30-23-21(22(25)33)26-13-19(29-23)27-16-6-8-17(9-7-16)28-24(34)15-4-10-18(11-5-15)32(2)3;1-2/h4-5,10-13,16-17H,6-9H2,1-3H3,(H2,25,33)(H,28,34)(H2,27,29,30);1-2H3. The number of nitrogens with zero attached hydrogens (tertiary/aromatic N) is 4. The fraction of sp³-hybridized carbons (Fsp3) is 0.423. The lowest BCUT2D eigenvalue weighted by atomic mass is 9.91. The highest BCUT2D eigenvalue weighted by molar-refractivity contribution is 7.10. The number of aryl methyl sites for hydroxylation is 1. The van der Waals surface area contributed by atoms with Crippen molar-refractivity contribution in [2.24, 2.45) is 5.73 Å². The zero-order valence-electron chi connectivity index (χ0n) is 22.0. The molecule has 4 rings (SSSR count). The molecule has 1 aliphatic carbocycles. The molecule has 3 aromatic rings. The summed E-state index contributed by atoms with van der Waals surface area (Å²) in [5.74, 6) is 0.161. The molecule has 0 atom stereocenters. The predicted octanol–water partition coefficient (Wildman–Crippen LogP) is 4.33. The van der Waals surface area contributed by atoms with Crippen molar-refractivity contribution in [1.29, 1.82) is 0 Å². The van der Waals surface area contributed by atoms with Crippen LogP contribution in [0.3, 0.4) is 0 Å². The highest BCUT2D eigenvalue weighted by atomic mass is 32.1. The number of aromatic nitrogens is 3. The monoisotopic (exact) mass is 524 g/mol. The number of carbonyl (C=O) groups excluding carboxylic acids is 2. The molecule has 0 bridgehead atoms. The third-order valence-corrected chi connectivity index (χ3v) is 6.73. The SMILES string of the molecule is CC.Cc1cc(Nc2nc(NC3CCC(NC(=O)c4ccc(N(C)C)cc4)CC3)cnc2C(N)=O)sn1. The minimum Gasteiger partial charge on any atom is -0.378 e. The lowest BCUT2D eigenvalue weighted by Gasteiger charge is -2.30. The minimum absolute atomic E-state index is 0.0476. The Balaban J connectivity index is 0.00000186. The van der Waals surface area contributed by atoms with Crippen molar-refractivity contribution in [2.75, 3.05) is 29.6 Å². The first-order valence-electron chi connectivity index (χ1n) is 12.5. The molecule has 1 aliphatic rings. The van der Waals surface area contributed by atoms with Gasteiger partial charge in [-0.3, -0.25) is 9.59 Å². The number of anilines is 4. The number of carbonyl (C=O) groups is 2. The lowest BCUT2D eigenvalue weighted by molar-refractivity contribution is 0.0925. The molecule has 2 amide bonds. The third kappa shape index (κ3) is 7.63. The van der Waals surface area contributed by atoms with Crippen LogP contribution >= 0.6 is 11.5 Å². The number of rotatable bonds is 8. The van der Waals surface area contributed by atoms with Crippen LogP contribution in [-0.2, 0) is 0 Å². The normalized spacial score (nSPS) is 16.7. The molecule has 0 unspecified atom stereocenters. The van der Waals surface area contributed by atoms with Gasteiger partial charge in [0, 0.05) is 37.4 Å². The van der Waals surface area contributed by atoms with Gasteiger partial charge in [-0.25, -0.2) is 9.97 Å². The summed E-state index contributed by atoms with van der Waals surface area (Å²) in [4.78, 5) is 35.2. The topological polar surface area (TPSA) is 138 Å². The van der Waals surface area contributed by atoms with Crippen LogP contribution in [0.1, 0.15) is 66.1 Å². The number of amides is 2. The molecule has 0 saturated heterocycles. The molecule has 2 aromatic heterocycles. The van der Waals surface area contributed by atoms with Gasteiger partial charge in [-0.15, -0.1) is 0 Å². The van der Waals surface area contributed by atoms with Gasteiger partial charge in [0.15, 0.2) is 11.5 Å². The van der Waals surface area contributed by atoms with Crippen LogP contribution < -0.4 is 26.6 Å². The molecule has 0 spiro atoms. The predicted molar refractivity (Wildman–Crippen MR) is 150 cm³/mol. The van der Waals surface area contributed by atoms with Crippen LogP contribution in [0.25, 0.3) is 0 Å². The number of hydrogen-bond donors (Lipinski definition) is 4. The number of primary amides is 1. The summed E-state index contributed by atoms with van der Waals surface area (Å²) >= 11 is 1.27. The largest absolute Gasteiger partial charge is 0.378 e. The lowest BCUT2D eigenvalue weighted by Crippen LogP contribution is -2.40. The van der Waals surface area contributed by atoms with Crippen LogP contribution in [0.5, 0.6) is 0 Å². The van der Waals surface area contributed by atoms with Crippen molar-refractivity contribution in [2.45, 2.75) is 58.5 Å². The molecule has 1 fully saturated rings. The van der Waals surface area contributed by atoms with Gasteiger partial charge in [0.25, 0.3) is 11.8 Å². The summed E-state index contributed by atoms with van der Waals surface area (Å²) in [6.07, 6.45) is 4.99. The molecular formula is C26H36N8O2S. The van der Waals surface area contributed by atoms with Crippen molar-refractivity contribution in [3.05, 3.63) is 53.5 Å². The Morgan fingerprint density at radius 2 is 1.70 bits per heavy atom. The maximum Gasteiger partial charge on any atom is 0.271 e. The summed E-state index contributed by atoms with van der Waals surface area (Å²) in [5.41, 5.74) is 8.14. The molecular weight excluding hydrogens is 488 g/mol. The molecule has 37 heavy (non-hydrogen) atoms. The number of hydrogen-bond acceptors (Lipinski definition) is 9. The van der Waals surface area contributed by atoms with Crippen molar-refractivity contribution in [3.63, 3.8) is 0 Å². The van der Waals surface area contributed by atoms with Crippen molar-refractivity contribution in [1.82, 2.24) is 19.7 Å². The van der Waals surface area contributed by atoms with Gasteiger partial charge < -0.3 is 26.6 Å². The third-order valence-electron chi connectivity index (χ3n) is 5.94. The summed E-state index contributed by atoms with van der Waals surface area (Å²) in [6, 6.07) is 9.78. The van der Waals surface area contributed by atoms with Crippen molar-refractivity contribution in [3.8, 4) is 0 Å². The Bertz CT molecular complexity index is 1190. The highest BCUT2D eigenvalue weighted by Gasteiger charge is 2.24. The van der Waals surface area contributed by atoms with Crippen molar-refractivity contribution < 1.29 is 9.59 Å². The molecule has 11 heteroatoms. The molecule has 5 N–H and O–H groups in total. The van der Waals surface area contributed by atoms with E-state index in [1.165, 1.54) is 17.7 Å². The fourth-order valence-corrected chi connectivity index (χ4v) is 4.70. The second kappa shape index (κ2) is 13.0. The zero-order chi connectivity index (χ0) is 26.9. The van der Waals surface area contributed by atoms with Crippen LogP contribution in [-0.4, -0.2) is 52.3 Å². The van der Waals surface area contributed by atoms with Gasteiger partial charge in [-0.1, -0.05) is 13.8 Å². The van der Waals surface area contributed by atoms with E-state index in [0.717, 1.165) is 42.1 Å². The maximum absolute atomic E-state index is 12.6. The van der Waals surface area contributed by atoms with E-state index in [9.17, 15) is 9.59 Å². The first kappa shape index (κ1) is 27.9. The highest BCUT2D eigenvalue weighted by Crippen LogP contribution is 2.26. The van der Waals surface area contributed by atoms with Gasteiger partial charge in [0.1, 0.15) is 10.8 Å². The first-order valence-corrected chi connectivity index (χ1v) is 13.3. The molecule has 1 saturated carbocycles. The molecule has 0 radical (unpaired) electrons. The average molecular weight is 525 g/mol. The number of nitrogens with two attached hydrogens (primary N) is 1. The average Bonchev–Trinajstić information content (AvgIpc) is 3.30. The van der Waals surface area contributed by atoms with E-state index in [4.69, 9.17) is 5.73 Å². The van der Waals surface area contributed by atoms with Gasteiger partial charge in [-0.05, 0) is 74.5 Å². The summed E-state index contributed by atoms with van der Waals surface area (Å²) < 4.78 is 4.23. The van der Waals surface area contributed by atoms with E-state index in [1.807, 2.05) is 70.1 Å². The molecule has 10 nitrogen and oxygen atoms in total. The Morgan fingerprint density at radius 3 is 2.27 bits per heavy atom. The minimum atomic E-state index is -0.652. The summed E-state index contributed by atoms with van der Waals surface area (Å²) in [7, 11) is 3.94. The van der Waals surface area contributed by atoms with Crippen LogP contribution in [0, 0.1) is 6.92 Å². The summed E-state index contributed by atoms with van der Waals surface area (Å²) in [6.45, 7) is 5.89. The number of benzene rings is 1. The van der Waals surface area contributed by atoms with E-state index in [1.54, 1.807) is 0 Å². The Hall–Kier alpha value is -3.73. The smallest absolute Gasteiger partial charge is 0.271 e. The van der Waals surface area contributed by atoms with Gasteiger partial charge >= 0.3 is 0 Å². The number of nitrogens with one attached hydrogen (secondary N) is 3. The molecule has 198 valence electrons. The Labute approximate surface area is 222 Å². The Morgan fingerprint density at radius 1 is 1.05 bits per heavy atom. The first-order chi connectivity index (χ1) is 17.8. The Kier molecular flexibility index (Phi) is 9.78. The van der Waals surface area contributed by atoms with E-state index >= 15 is 0 Å². The van der Waals surface area contributed by atoms with E-state index in [0.29, 0.717) is 17.2 Å². The van der Waals surface area contributed by atoms with Crippen molar-refractivity contribution >= 4 is 45.7 Å². The maximum atomic E-state index is 12.6. The van der Waals surface area contributed by atoms with Crippen LogP contribution in [0.4, 0.5) is 22.3 Å². The quantitative estimate of drug-likeness (QED) is 0.342. The second-order valence-corrected chi connectivity index (χ2v) is 9.69. The molecule has 0 aliphatic heterocycles. The van der Waals surface area contributed by atoms with E-state index < -0.39 is 5.91 Å².